The molecule has 0 amide bonds. The van der Waals surface area contributed by atoms with Gasteiger partial charge in [-0.2, -0.15) is 0 Å². The number of hydrogen-bond donors (Lipinski definition) is 1. The maximum atomic E-state index is 5.27. The molecule has 0 atom stereocenters. The molecule has 1 N–H and O–H groups in total. The normalized spacial score (nSPS) is 17.4. The lowest BCUT2D eigenvalue weighted by Crippen LogP contribution is -2.26. The number of nitrogens with zero attached hydrogens (tertiary/aromatic N) is 2. The zero-order valence-corrected chi connectivity index (χ0v) is 8.13. The molecule has 0 saturated carbocycles. The van der Waals surface area contributed by atoms with E-state index >= 15 is 0 Å². The first kappa shape index (κ1) is 8.72. The van der Waals surface area contributed by atoms with Crippen molar-refractivity contribution >= 4 is 0 Å². The molecular formula is C9H15N3O. The van der Waals surface area contributed by atoms with Gasteiger partial charge in [0.05, 0.1) is 0 Å². The zero-order chi connectivity index (χ0) is 9.26. The third-order valence-electron chi connectivity index (χ3n) is 2.44. The summed E-state index contributed by atoms with van der Waals surface area (Å²) in [5.41, 5.74) is 2.34. The van der Waals surface area contributed by atoms with Crippen molar-refractivity contribution in [2.24, 2.45) is 0 Å². The van der Waals surface area contributed by atoms with Crippen molar-refractivity contribution in [2.45, 2.75) is 19.5 Å². The summed E-state index contributed by atoms with van der Waals surface area (Å²) in [6.07, 6.45) is 0.989. The Labute approximate surface area is 77.9 Å². The van der Waals surface area contributed by atoms with Crippen molar-refractivity contribution in [2.75, 3.05) is 20.6 Å². The summed E-state index contributed by atoms with van der Waals surface area (Å²) >= 11 is 0. The first-order valence-electron chi connectivity index (χ1n) is 4.60. The van der Waals surface area contributed by atoms with Crippen LogP contribution in [-0.4, -0.2) is 30.7 Å². The molecular weight excluding hydrogens is 166 g/mol. The minimum Gasteiger partial charge on any atom is -0.361 e. The molecule has 2 heterocycles. The van der Waals surface area contributed by atoms with Crippen LogP contribution >= 0.6 is 0 Å². The second kappa shape index (κ2) is 3.47. The van der Waals surface area contributed by atoms with E-state index in [9.17, 15) is 0 Å². The molecule has 0 bridgehead atoms. The smallest absolute Gasteiger partial charge is 0.142 e. The number of rotatable bonds is 2. The molecule has 0 aliphatic carbocycles. The van der Waals surface area contributed by atoms with Crippen LogP contribution in [0.4, 0.5) is 0 Å². The molecule has 0 spiro atoms. The number of hydrogen-bond acceptors (Lipinski definition) is 4. The molecule has 1 aliphatic rings. The minimum atomic E-state index is 0.798. The standard InChI is InChI=1S/C9H15N3O/c1-10-5-8-7-6-12(2)4-3-9(7)13-11-8/h10H,3-6H2,1-2H3. The molecule has 1 aromatic heterocycles. The van der Waals surface area contributed by atoms with Gasteiger partial charge in [-0.3, -0.25) is 0 Å². The van der Waals surface area contributed by atoms with Gasteiger partial charge in [0, 0.05) is 31.6 Å². The van der Waals surface area contributed by atoms with Gasteiger partial charge in [-0.05, 0) is 14.1 Å². The summed E-state index contributed by atoms with van der Waals surface area (Å²) in [5, 5.41) is 7.15. The summed E-state index contributed by atoms with van der Waals surface area (Å²) < 4.78 is 5.27. The van der Waals surface area contributed by atoms with E-state index < -0.39 is 0 Å². The molecule has 4 nitrogen and oxygen atoms in total. The number of aromatic nitrogens is 1. The SMILES string of the molecule is CNCc1noc2c1CN(C)CC2. The maximum Gasteiger partial charge on any atom is 0.142 e. The quantitative estimate of drug-likeness (QED) is 0.716. The zero-order valence-electron chi connectivity index (χ0n) is 8.13. The van der Waals surface area contributed by atoms with Crippen molar-refractivity contribution in [3.05, 3.63) is 17.0 Å². The van der Waals surface area contributed by atoms with Crippen LogP contribution in [0.1, 0.15) is 17.0 Å². The summed E-state index contributed by atoms with van der Waals surface area (Å²) in [7, 11) is 4.05. The molecule has 0 fully saturated rings. The lowest BCUT2D eigenvalue weighted by Gasteiger charge is -2.20. The molecule has 0 unspecified atom stereocenters. The molecule has 0 radical (unpaired) electrons. The predicted octanol–water partition coefficient (Wildman–Crippen LogP) is 0.382. The maximum absolute atomic E-state index is 5.27. The molecule has 0 saturated heterocycles. The Morgan fingerprint density at radius 1 is 1.62 bits per heavy atom. The van der Waals surface area contributed by atoms with Crippen molar-refractivity contribution in [3.8, 4) is 0 Å². The van der Waals surface area contributed by atoms with Crippen LogP contribution in [0.25, 0.3) is 0 Å². The number of nitrogens with one attached hydrogen (secondary N) is 1. The highest BCUT2D eigenvalue weighted by atomic mass is 16.5. The van der Waals surface area contributed by atoms with Crippen LogP contribution in [0.3, 0.4) is 0 Å². The summed E-state index contributed by atoms with van der Waals surface area (Å²) in [6, 6.07) is 0. The van der Waals surface area contributed by atoms with E-state index in [0.29, 0.717) is 0 Å². The molecule has 13 heavy (non-hydrogen) atoms. The van der Waals surface area contributed by atoms with Gasteiger partial charge in [0.1, 0.15) is 11.5 Å². The fraction of sp³-hybridized carbons (Fsp3) is 0.667. The second-order valence-electron chi connectivity index (χ2n) is 3.55. The van der Waals surface area contributed by atoms with E-state index in [2.05, 4.69) is 22.4 Å². The van der Waals surface area contributed by atoms with E-state index in [-0.39, 0.29) is 0 Å². The third-order valence-corrected chi connectivity index (χ3v) is 2.44. The Hall–Kier alpha value is -0.870. The van der Waals surface area contributed by atoms with Gasteiger partial charge in [0.2, 0.25) is 0 Å². The van der Waals surface area contributed by atoms with Crippen LogP contribution in [0, 0.1) is 0 Å². The minimum absolute atomic E-state index is 0.798. The second-order valence-corrected chi connectivity index (χ2v) is 3.55. The van der Waals surface area contributed by atoms with E-state index in [0.717, 1.165) is 37.5 Å². The van der Waals surface area contributed by atoms with Gasteiger partial charge in [-0.25, -0.2) is 0 Å². The highest BCUT2D eigenvalue weighted by molar-refractivity contribution is 5.25. The van der Waals surface area contributed by atoms with Crippen molar-refractivity contribution < 1.29 is 4.52 Å². The Morgan fingerprint density at radius 2 is 2.46 bits per heavy atom. The Morgan fingerprint density at radius 3 is 3.23 bits per heavy atom. The number of fused-ring (bicyclic) bond motifs is 1. The Balaban J connectivity index is 2.25. The summed E-state index contributed by atoms with van der Waals surface area (Å²) in [6.45, 7) is 2.84. The van der Waals surface area contributed by atoms with Crippen LogP contribution in [0.15, 0.2) is 4.52 Å². The van der Waals surface area contributed by atoms with Gasteiger partial charge in [-0.1, -0.05) is 5.16 Å². The van der Waals surface area contributed by atoms with Gasteiger partial charge in [0.25, 0.3) is 0 Å². The van der Waals surface area contributed by atoms with Crippen molar-refractivity contribution in [1.82, 2.24) is 15.4 Å². The Bertz CT molecular complexity index is 295. The van der Waals surface area contributed by atoms with Crippen molar-refractivity contribution in [3.63, 3.8) is 0 Å². The van der Waals surface area contributed by atoms with Gasteiger partial charge < -0.3 is 14.7 Å². The van der Waals surface area contributed by atoms with Gasteiger partial charge in [0.15, 0.2) is 0 Å². The lowest BCUT2D eigenvalue weighted by molar-refractivity contribution is 0.281. The van der Waals surface area contributed by atoms with Crippen molar-refractivity contribution in [1.29, 1.82) is 0 Å². The first-order valence-corrected chi connectivity index (χ1v) is 4.60. The van der Waals surface area contributed by atoms with E-state index in [1.165, 1.54) is 5.56 Å². The average molecular weight is 181 g/mol. The first-order chi connectivity index (χ1) is 6.31. The van der Waals surface area contributed by atoms with Crippen LogP contribution in [-0.2, 0) is 19.5 Å². The molecule has 2 rings (SSSR count). The average Bonchev–Trinajstić information content (AvgIpc) is 2.49. The highest BCUT2D eigenvalue weighted by Crippen LogP contribution is 2.20. The fourth-order valence-corrected chi connectivity index (χ4v) is 1.71. The van der Waals surface area contributed by atoms with Crippen LogP contribution < -0.4 is 5.32 Å². The van der Waals surface area contributed by atoms with Crippen LogP contribution in [0.2, 0.25) is 0 Å². The fourth-order valence-electron chi connectivity index (χ4n) is 1.71. The number of likely N-dealkylation sites (N-methyl/N-ethyl adjacent to an activating group) is 1. The third kappa shape index (κ3) is 1.59. The molecule has 1 aliphatic heterocycles. The molecule has 1 aromatic rings. The Kier molecular flexibility index (Phi) is 2.33. The highest BCUT2D eigenvalue weighted by Gasteiger charge is 2.21. The van der Waals surface area contributed by atoms with Gasteiger partial charge >= 0.3 is 0 Å². The molecule has 0 aromatic carbocycles. The topological polar surface area (TPSA) is 41.3 Å². The van der Waals surface area contributed by atoms with E-state index in [4.69, 9.17) is 4.52 Å². The van der Waals surface area contributed by atoms with Gasteiger partial charge in [-0.15, -0.1) is 0 Å². The summed E-state index contributed by atoms with van der Waals surface area (Å²) in [5.74, 6) is 1.07. The molecule has 72 valence electrons. The van der Waals surface area contributed by atoms with E-state index in [1.807, 2.05) is 7.05 Å². The largest absolute Gasteiger partial charge is 0.361 e. The van der Waals surface area contributed by atoms with Crippen LogP contribution in [0.5, 0.6) is 0 Å². The lowest BCUT2D eigenvalue weighted by atomic mass is 10.1. The predicted molar refractivity (Wildman–Crippen MR) is 49.3 cm³/mol. The summed E-state index contributed by atoms with van der Waals surface area (Å²) in [4.78, 5) is 2.29. The van der Waals surface area contributed by atoms with E-state index in [1.54, 1.807) is 0 Å². The molecule has 4 heteroatoms. The monoisotopic (exact) mass is 181 g/mol.